The van der Waals surface area contributed by atoms with Gasteiger partial charge in [-0.2, -0.15) is 10.2 Å². The predicted molar refractivity (Wildman–Crippen MR) is 394 cm³/mol. The van der Waals surface area contributed by atoms with Crippen molar-refractivity contribution < 1.29 is 40.7 Å². The first-order chi connectivity index (χ1) is 48.4. The molecule has 544 valence electrons. The number of aliphatic imine (C=N–C) groups is 1. The molecule has 16 nitrogen and oxygen atoms in total. The summed E-state index contributed by atoms with van der Waals surface area (Å²) in [6, 6.07) is 27.6. The van der Waals surface area contributed by atoms with E-state index in [9.17, 15) is 40.7 Å². The van der Waals surface area contributed by atoms with E-state index < -0.39 is 40.4 Å². The third-order valence-corrected chi connectivity index (χ3v) is 18.3. The molecule has 1 heterocycles. The van der Waals surface area contributed by atoms with Crippen molar-refractivity contribution in [1.82, 2.24) is 20.6 Å². The van der Waals surface area contributed by atoms with Crippen LogP contribution in [0.4, 0.5) is 66.2 Å². The maximum absolute atomic E-state index is 14.2. The molecule has 0 spiro atoms. The summed E-state index contributed by atoms with van der Waals surface area (Å²) in [5.41, 5.74) is 13.3. The van der Waals surface area contributed by atoms with Gasteiger partial charge in [0, 0.05) is 94.3 Å². The van der Waals surface area contributed by atoms with Gasteiger partial charge in [-0.3, -0.25) is 9.59 Å². The van der Waals surface area contributed by atoms with Gasteiger partial charge < -0.3 is 40.8 Å². The van der Waals surface area contributed by atoms with Crippen LogP contribution < -0.4 is 31.1 Å². The number of aromatic amines is 1. The molecular formula is C80H99F6N13O3. The highest BCUT2D eigenvalue weighted by Gasteiger charge is 2.48. The summed E-state index contributed by atoms with van der Waals surface area (Å²) in [6.45, 7) is 46.8. The summed E-state index contributed by atoms with van der Waals surface area (Å²) in [5.74, 6) is -1.61. The van der Waals surface area contributed by atoms with Gasteiger partial charge >= 0.3 is 0 Å². The molecule has 3 fully saturated rings. The van der Waals surface area contributed by atoms with Crippen LogP contribution in [0.25, 0.3) is 9.69 Å². The van der Waals surface area contributed by atoms with Gasteiger partial charge in [-0.25, -0.2) is 44.3 Å². The number of nitrogens with zero attached hydrogens (tertiary/aromatic N) is 9. The number of tetrazole rings is 1. The van der Waals surface area contributed by atoms with E-state index in [-0.39, 0.29) is 52.4 Å². The number of carbonyl (C=O) groups is 2. The molecule has 3 saturated carbocycles. The molecule has 6 aromatic carbocycles. The number of hydrogen-bond acceptors (Lipinski definition) is 11. The standard InChI is InChI=1S/C27H34F2N6O.C27H33F2N3O.C19H29N3.C7H3F2NO/c1-17(2)15-35(16-18(3)4)24-9-7-20(27(10-5-11-27)26-31-33-34-32-26)13-23(24)30-25(36)12-19-6-8-21(28)14-22(19)29;1-18(2)16-32(17-19(3)4)25-10-8-21(27(30-5)11-6-12-27)14-24(25)31-26(33)13-20-7-9-22(28)15-23(20)29;1-14(2)12-22(13-15(3)4)18-8-7-16(11-17(18)20)19(21-5)9-6-10-19;8-5-1-2-7(10-4-11)6(9)3-5/h6-9,13-14,17-18H,5,10-12,15-16H2,1-4H3,(H,30,36)(H,31,32,33,34);7-10,14-15,18-19H,6,11-13,16-17H2,1-4H3,(H,31,33);7-8,11,14-15H,6,9-10,12-13,20H2,1-4H3;1-3H. The van der Waals surface area contributed by atoms with Gasteiger partial charge in [0.05, 0.1) is 52.4 Å². The van der Waals surface area contributed by atoms with Crippen LogP contribution in [0.5, 0.6) is 0 Å². The SMILES string of the molecule is CC(C)CN(CC(C)C)c1ccc(C2(c3nn[nH]n3)CCC2)cc1NC(=O)Cc1ccc(F)cc1F.O=C=Nc1ccc(F)cc1F.[C-]#[N+]C1(c2ccc(N(CC(C)C)CC(C)C)c(N)c2)CCC1.[C-]#[N+]C1(c2ccc(N(CC(C)C)CC(C)C)c(NC(=O)Cc3ccc(F)cc3F)c2)CCC1. The Balaban J connectivity index is 0.000000203. The molecule has 2 amide bonds. The van der Waals surface area contributed by atoms with E-state index in [1.807, 2.05) is 36.4 Å². The number of hydrogen-bond donors (Lipinski definition) is 4. The van der Waals surface area contributed by atoms with Gasteiger partial charge in [-0.15, -0.1) is 10.2 Å². The molecule has 0 radical (unpaired) electrons. The summed E-state index contributed by atoms with van der Waals surface area (Å²) in [4.78, 5) is 53.4. The lowest BCUT2D eigenvalue weighted by molar-refractivity contribution is -0.116. The lowest BCUT2D eigenvalue weighted by atomic mass is 9.64. The van der Waals surface area contributed by atoms with Crippen LogP contribution in [-0.2, 0) is 43.7 Å². The summed E-state index contributed by atoms with van der Waals surface area (Å²) in [5, 5.41) is 20.9. The Labute approximate surface area is 598 Å². The fraction of sp³-hybridized carbons (Fsp3) is 0.475. The number of nitrogen functional groups attached to an aromatic ring is 1. The largest absolute Gasteiger partial charge is 0.397 e. The topological polar surface area (TPSA) is 187 Å². The Kier molecular flexibility index (Phi) is 28.5. The molecule has 102 heavy (non-hydrogen) atoms. The van der Waals surface area contributed by atoms with Gasteiger partial charge in [-0.05, 0) is 151 Å². The lowest BCUT2D eigenvalue weighted by Crippen LogP contribution is -2.37. The quantitative estimate of drug-likeness (QED) is 0.0134. The summed E-state index contributed by atoms with van der Waals surface area (Å²) >= 11 is 0. The first-order valence-electron chi connectivity index (χ1n) is 35.4. The molecule has 3 aliphatic carbocycles. The molecule has 0 bridgehead atoms. The minimum absolute atomic E-state index is 0.143. The Bertz CT molecular complexity index is 4060. The zero-order chi connectivity index (χ0) is 74.6. The second kappa shape index (κ2) is 36.4. The van der Waals surface area contributed by atoms with Gasteiger partial charge in [0.1, 0.15) is 34.8 Å². The zero-order valence-corrected chi connectivity index (χ0v) is 61.0. The van der Waals surface area contributed by atoms with Crippen LogP contribution >= 0.6 is 0 Å². The van der Waals surface area contributed by atoms with Crippen molar-refractivity contribution in [2.45, 2.75) is 170 Å². The normalized spacial score (nSPS) is 14.4. The van der Waals surface area contributed by atoms with Crippen molar-refractivity contribution in [3.8, 4) is 0 Å². The van der Waals surface area contributed by atoms with Crippen molar-refractivity contribution in [2.24, 2.45) is 40.5 Å². The molecule has 22 heteroatoms. The fourth-order valence-corrected chi connectivity index (χ4v) is 13.2. The van der Waals surface area contributed by atoms with Crippen molar-refractivity contribution in [2.75, 3.05) is 70.3 Å². The smallest absolute Gasteiger partial charge is 0.257 e. The van der Waals surface area contributed by atoms with Crippen LogP contribution in [0.1, 0.15) is 175 Å². The first-order valence-corrected chi connectivity index (χ1v) is 35.4. The number of rotatable bonds is 26. The van der Waals surface area contributed by atoms with E-state index in [0.717, 1.165) is 179 Å². The van der Waals surface area contributed by atoms with Crippen molar-refractivity contribution in [3.05, 3.63) is 201 Å². The summed E-state index contributed by atoms with van der Waals surface area (Å²) in [6.07, 6.45) is 9.32. The Morgan fingerprint density at radius 3 is 1.23 bits per heavy atom. The van der Waals surface area contributed by atoms with Gasteiger partial charge in [0.15, 0.2) is 11.6 Å². The molecule has 1 aromatic heterocycles. The number of anilines is 6. The third-order valence-electron chi connectivity index (χ3n) is 18.3. The molecule has 0 saturated heterocycles. The average Bonchev–Trinajstić information content (AvgIpc) is 1.19. The van der Waals surface area contributed by atoms with E-state index in [0.29, 0.717) is 58.8 Å². The Morgan fingerprint density at radius 1 is 0.520 bits per heavy atom. The summed E-state index contributed by atoms with van der Waals surface area (Å²) in [7, 11) is 0. The van der Waals surface area contributed by atoms with E-state index in [1.54, 1.807) is 0 Å². The van der Waals surface area contributed by atoms with Crippen molar-refractivity contribution >= 4 is 57.7 Å². The highest BCUT2D eigenvalue weighted by Crippen LogP contribution is 2.50. The first kappa shape index (κ1) is 79.8. The lowest BCUT2D eigenvalue weighted by Gasteiger charge is -2.40. The average molecular weight is 1400 g/mol. The molecule has 5 N–H and O–H groups in total. The molecule has 0 unspecified atom stereocenters. The number of nitrogens with one attached hydrogen (secondary N) is 3. The number of nitrogens with two attached hydrogens (primary N) is 1. The molecule has 0 aliphatic heterocycles. The van der Waals surface area contributed by atoms with Crippen LogP contribution in [0, 0.1) is 83.6 Å². The number of carbonyl (C=O) groups excluding carboxylic acids is 3. The maximum Gasteiger partial charge on any atom is 0.257 e. The highest BCUT2D eigenvalue weighted by atomic mass is 19.2. The molecule has 10 rings (SSSR count). The van der Waals surface area contributed by atoms with Gasteiger partial charge in [-0.1, -0.05) is 113 Å². The van der Waals surface area contributed by atoms with Crippen LogP contribution in [0.3, 0.4) is 0 Å². The molecular weight excluding hydrogens is 1300 g/mol. The number of H-pyrrole nitrogens is 1. The number of aromatic nitrogens is 4. The Morgan fingerprint density at radius 2 is 0.892 bits per heavy atom. The third kappa shape index (κ3) is 21.3. The van der Waals surface area contributed by atoms with E-state index in [4.69, 9.17) is 18.9 Å². The monoisotopic (exact) mass is 1400 g/mol. The molecule has 0 atom stereocenters. The van der Waals surface area contributed by atoms with Crippen molar-refractivity contribution in [1.29, 1.82) is 0 Å². The second-order valence-electron chi connectivity index (χ2n) is 29.7. The fourth-order valence-electron chi connectivity index (χ4n) is 13.2. The van der Waals surface area contributed by atoms with Gasteiger partial charge in [0.2, 0.25) is 17.9 Å². The van der Waals surface area contributed by atoms with Crippen LogP contribution in [-0.4, -0.2) is 77.8 Å². The van der Waals surface area contributed by atoms with Crippen LogP contribution in [0.15, 0.2) is 114 Å². The minimum atomic E-state index is -0.867. The minimum Gasteiger partial charge on any atom is -0.397 e. The van der Waals surface area contributed by atoms with E-state index in [2.05, 4.69) is 162 Å². The number of amides is 2. The summed E-state index contributed by atoms with van der Waals surface area (Å²) < 4.78 is 79.6. The zero-order valence-electron chi connectivity index (χ0n) is 61.0. The van der Waals surface area contributed by atoms with Crippen molar-refractivity contribution in [3.63, 3.8) is 0 Å². The van der Waals surface area contributed by atoms with Gasteiger partial charge in [0.25, 0.3) is 11.1 Å². The maximum atomic E-state index is 14.2. The number of isocyanates is 1. The molecule has 3 aliphatic rings. The number of benzene rings is 6. The van der Waals surface area contributed by atoms with Crippen LogP contribution in [0.2, 0.25) is 0 Å². The second-order valence-corrected chi connectivity index (χ2v) is 29.7. The van der Waals surface area contributed by atoms with E-state index in [1.165, 1.54) is 12.1 Å². The van der Waals surface area contributed by atoms with E-state index >= 15 is 0 Å². The number of halogens is 6. The predicted octanol–water partition coefficient (Wildman–Crippen LogP) is 18.4. The highest BCUT2D eigenvalue weighted by molar-refractivity contribution is 5.97. The Hall–Kier alpha value is -9.53. The molecule has 7 aromatic rings.